The number of piperidine rings is 1. The zero-order valence-electron chi connectivity index (χ0n) is 8.24. The van der Waals surface area contributed by atoms with Crippen molar-refractivity contribution in [1.29, 1.82) is 0 Å². The molecule has 3 heterocycles. The molecule has 2 aliphatic rings. The third-order valence-corrected chi connectivity index (χ3v) is 5.12. The molecule has 2 saturated heterocycles. The predicted molar refractivity (Wildman–Crippen MR) is 62.9 cm³/mol. The summed E-state index contributed by atoms with van der Waals surface area (Å²) in [6, 6.07) is 0.966. The van der Waals surface area contributed by atoms with Crippen molar-refractivity contribution >= 4 is 27.3 Å². The number of aromatic nitrogens is 1. The summed E-state index contributed by atoms with van der Waals surface area (Å²) in [5.74, 6) is 0. The highest BCUT2D eigenvalue weighted by Gasteiger charge is 2.45. The molecule has 0 amide bonds. The van der Waals surface area contributed by atoms with E-state index < -0.39 is 5.60 Å². The van der Waals surface area contributed by atoms with Crippen LogP contribution in [-0.4, -0.2) is 22.2 Å². The molecule has 2 atom stereocenters. The smallest absolute Gasteiger partial charge is 0.126 e. The monoisotopic (exact) mass is 288 g/mol. The summed E-state index contributed by atoms with van der Waals surface area (Å²) < 4.78 is 0.835. The second kappa shape index (κ2) is 3.52. The van der Waals surface area contributed by atoms with Gasteiger partial charge < -0.3 is 10.4 Å². The number of nitrogens with one attached hydrogen (secondary N) is 1. The second-order valence-electron chi connectivity index (χ2n) is 4.55. The molecule has 3 nitrogen and oxygen atoms in total. The van der Waals surface area contributed by atoms with Crippen LogP contribution in [0.15, 0.2) is 9.98 Å². The summed E-state index contributed by atoms with van der Waals surface area (Å²) in [5, 5.41) is 17.0. The average molecular weight is 289 g/mol. The summed E-state index contributed by atoms with van der Waals surface area (Å²) >= 11 is 4.89. The molecular formula is C10H13BrN2OS. The first-order chi connectivity index (χ1) is 7.16. The molecule has 2 aliphatic heterocycles. The summed E-state index contributed by atoms with van der Waals surface area (Å²) in [6.45, 7) is 0. The van der Waals surface area contributed by atoms with Crippen LogP contribution in [0.5, 0.6) is 0 Å². The molecule has 2 fully saturated rings. The Bertz CT molecular complexity index is 369. The summed E-state index contributed by atoms with van der Waals surface area (Å²) in [7, 11) is 0. The number of halogens is 1. The van der Waals surface area contributed by atoms with Gasteiger partial charge >= 0.3 is 0 Å². The van der Waals surface area contributed by atoms with Gasteiger partial charge in [0, 0.05) is 17.5 Å². The maximum atomic E-state index is 10.6. The van der Waals surface area contributed by atoms with Gasteiger partial charge in [-0.05, 0) is 41.6 Å². The molecule has 1 aromatic rings. The average Bonchev–Trinajstić information content (AvgIpc) is 2.74. The van der Waals surface area contributed by atoms with Crippen molar-refractivity contribution in [2.45, 2.75) is 43.4 Å². The quantitative estimate of drug-likeness (QED) is 0.831. The third kappa shape index (κ3) is 1.75. The Hall–Kier alpha value is 0.0300. The van der Waals surface area contributed by atoms with Crippen LogP contribution in [0.3, 0.4) is 0 Å². The van der Waals surface area contributed by atoms with Gasteiger partial charge in [-0.15, -0.1) is 11.3 Å². The molecule has 0 aliphatic carbocycles. The van der Waals surface area contributed by atoms with Gasteiger partial charge in [0.2, 0.25) is 0 Å². The van der Waals surface area contributed by atoms with E-state index in [9.17, 15) is 5.11 Å². The fourth-order valence-corrected chi connectivity index (χ4v) is 4.14. The number of nitrogens with zero attached hydrogens (tertiary/aromatic N) is 1. The van der Waals surface area contributed by atoms with Crippen molar-refractivity contribution in [3.63, 3.8) is 0 Å². The Labute approximate surface area is 101 Å². The topological polar surface area (TPSA) is 45.2 Å². The molecule has 5 heteroatoms. The first-order valence-corrected chi connectivity index (χ1v) is 6.93. The Morgan fingerprint density at radius 3 is 2.67 bits per heavy atom. The Balaban J connectivity index is 1.90. The van der Waals surface area contributed by atoms with Gasteiger partial charge in [-0.2, -0.15) is 0 Å². The number of rotatable bonds is 1. The van der Waals surface area contributed by atoms with Crippen molar-refractivity contribution in [2.24, 2.45) is 0 Å². The van der Waals surface area contributed by atoms with E-state index in [2.05, 4.69) is 26.2 Å². The SMILES string of the molecule is OC1(c2nc(Br)cs2)CC2CCC(C1)N2. The maximum absolute atomic E-state index is 10.6. The van der Waals surface area contributed by atoms with E-state index in [0.717, 1.165) is 22.5 Å². The van der Waals surface area contributed by atoms with Gasteiger partial charge in [-0.1, -0.05) is 0 Å². The van der Waals surface area contributed by atoms with Crippen molar-refractivity contribution < 1.29 is 5.11 Å². The van der Waals surface area contributed by atoms with E-state index >= 15 is 0 Å². The molecule has 1 aromatic heterocycles. The van der Waals surface area contributed by atoms with Gasteiger partial charge in [-0.25, -0.2) is 4.98 Å². The number of hydrogen-bond donors (Lipinski definition) is 2. The highest BCUT2D eigenvalue weighted by molar-refractivity contribution is 9.10. The zero-order valence-corrected chi connectivity index (χ0v) is 10.6. The van der Waals surface area contributed by atoms with Crippen LogP contribution in [0.25, 0.3) is 0 Å². The van der Waals surface area contributed by atoms with Crippen LogP contribution in [0, 0.1) is 0 Å². The molecule has 2 N–H and O–H groups in total. The molecule has 0 aromatic carbocycles. The van der Waals surface area contributed by atoms with Crippen molar-refractivity contribution in [1.82, 2.24) is 10.3 Å². The lowest BCUT2D eigenvalue weighted by atomic mass is 9.88. The lowest BCUT2D eigenvalue weighted by molar-refractivity contribution is -0.0117. The first-order valence-electron chi connectivity index (χ1n) is 5.26. The Morgan fingerprint density at radius 1 is 1.47 bits per heavy atom. The normalized spacial score (nSPS) is 39.6. The van der Waals surface area contributed by atoms with E-state index in [1.165, 1.54) is 12.8 Å². The van der Waals surface area contributed by atoms with Crippen LogP contribution in [-0.2, 0) is 5.60 Å². The fraction of sp³-hybridized carbons (Fsp3) is 0.700. The van der Waals surface area contributed by atoms with Crippen LogP contribution in [0.2, 0.25) is 0 Å². The van der Waals surface area contributed by atoms with Crippen LogP contribution < -0.4 is 5.32 Å². The van der Waals surface area contributed by atoms with Crippen LogP contribution >= 0.6 is 27.3 Å². The largest absolute Gasteiger partial charge is 0.383 e. The number of hydrogen-bond acceptors (Lipinski definition) is 4. The van der Waals surface area contributed by atoms with Gasteiger partial charge in [0.15, 0.2) is 0 Å². The number of thiazole rings is 1. The van der Waals surface area contributed by atoms with Crippen molar-refractivity contribution in [3.05, 3.63) is 15.0 Å². The molecule has 15 heavy (non-hydrogen) atoms. The minimum Gasteiger partial charge on any atom is -0.383 e. The Morgan fingerprint density at radius 2 is 2.13 bits per heavy atom. The van der Waals surface area contributed by atoms with Crippen LogP contribution in [0.4, 0.5) is 0 Å². The zero-order chi connectivity index (χ0) is 10.5. The number of aliphatic hydroxyl groups is 1. The lowest BCUT2D eigenvalue weighted by Crippen LogP contribution is -2.46. The third-order valence-electron chi connectivity index (χ3n) is 3.38. The van der Waals surface area contributed by atoms with Gasteiger partial charge in [-0.3, -0.25) is 0 Å². The molecule has 0 spiro atoms. The summed E-state index contributed by atoms with van der Waals surface area (Å²) in [6.07, 6.45) is 4.01. The molecule has 0 radical (unpaired) electrons. The Kier molecular flexibility index (Phi) is 2.39. The van der Waals surface area contributed by atoms with E-state index in [0.29, 0.717) is 12.1 Å². The second-order valence-corrected chi connectivity index (χ2v) is 6.22. The lowest BCUT2D eigenvalue weighted by Gasteiger charge is -2.35. The van der Waals surface area contributed by atoms with E-state index in [1.807, 2.05) is 5.38 Å². The molecular weight excluding hydrogens is 276 g/mol. The highest BCUT2D eigenvalue weighted by atomic mass is 79.9. The van der Waals surface area contributed by atoms with E-state index in [4.69, 9.17) is 0 Å². The van der Waals surface area contributed by atoms with E-state index in [1.54, 1.807) is 11.3 Å². The predicted octanol–water partition coefficient (Wildman–Crippen LogP) is 2.01. The van der Waals surface area contributed by atoms with Gasteiger partial charge in [0.05, 0.1) is 0 Å². The fourth-order valence-electron chi connectivity index (χ4n) is 2.77. The van der Waals surface area contributed by atoms with Gasteiger partial charge in [0.25, 0.3) is 0 Å². The standard InChI is InChI=1S/C10H13BrN2OS/c11-8-5-15-9(13-8)10(14)3-6-1-2-7(4-10)12-6/h5-7,12,14H,1-4H2. The molecule has 3 rings (SSSR count). The van der Waals surface area contributed by atoms with Gasteiger partial charge in [0.1, 0.15) is 15.2 Å². The minimum atomic E-state index is -0.687. The maximum Gasteiger partial charge on any atom is 0.126 e. The molecule has 82 valence electrons. The molecule has 2 bridgehead atoms. The molecule has 2 unspecified atom stereocenters. The minimum absolute atomic E-state index is 0.483. The van der Waals surface area contributed by atoms with Crippen LogP contribution in [0.1, 0.15) is 30.7 Å². The van der Waals surface area contributed by atoms with Crippen molar-refractivity contribution in [3.8, 4) is 0 Å². The summed E-state index contributed by atoms with van der Waals surface area (Å²) in [4.78, 5) is 4.36. The first kappa shape index (κ1) is 10.2. The highest BCUT2D eigenvalue weighted by Crippen LogP contribution is 2.41. The number of fused-ring (bicyclic) bond motifs is 2. The van der Waals surface area contributed by atoms with Crippen molar-refractivity contribution in [2.75, 3.05) is 0 Å². The molecule has 0 saturated carbocycles. The summed E-state index contributed by atoms with van der Waals surface area (Å²) in [5.41, 5.74) is -0.687. The van der Waals surface area contributed by atoms with E-state index in [-0.39, 0.29) is 0 Å².